The molecule has 0 atom stereocenters. The lowest BCUT2D eigenvalue weighted by Crippen LogP contribution is -2.05. The van der Waals surface area contributed by atoms with Gasteiger partial charge in [-0.15, -0.1) is 10.2 Å². The average Bonchev–Trinajstić information content (AvgIpc) is 3.74. The van der Waals surface area contributed by atoms with Crippen molar-refractivity contribution in [3.63, 3.8) is 0 Å². The average molecular weight is 525 g/mol. The molecule has 0 spiro atoms. The number of tetrazole rings is 1. The van der Waals surface area contributed by atoms with Crippen molar-refractivity contribution >= 4 is 16.7 Å². The molecule has 0 aliphatic heterocycles. The molecule has 3 aromatic carbocycles. The van der Waals surface area contributed by atoms with E-state index in [-0.39, 0.29) is 0 Å². The Balaban J connectivity index is 1.25. The molecule has 0 radical (unpaired) electrons. The number of nitrogens with one attached hydrogen (secondary N) is 1. The van der Waals surface area contributed by atoms with E-state index in [0.717, 1.165) is 75.5 Å². The summed E-state index contributed by atoms with van der Waals surface area (Å²) in [5.74, 6) is 1.69. The number of hydrogen-bond donors (Lipinski definition) is 1. The molecule has 0 unspecified atom stereocenters. The molecular weight excluding hydrogens is 496 g/mol. The summed E-state index contributed by atoms with van der Waals surface area (Å²) >= 11 is 0. The number of nitrogens with zero attached hydrogens (tertiary/aromatic N) is 7. The van der Waals surface area contributed by atoms with E-state index in [4.69, 9.17) is 9.97 Å². The van der Waals surface area contributed by atoms with Crippen molar-refractivity contribution in [3.8, 4) is 33.8 Å². The van der Waals surface area contributed by atoms with E-state index in [1.807, 2.05) is 30.3 Å². The molecule has 196 valence electrons. The SMILES string of the molecule is CCCc1nc2ccc(-c3cn4c(C)cccc4n3)cc2n1Cc1ccc(-c2ccccc2-c2nn[nH]n2)cc1. The van der Waals surface area contributed by atoms with Crippen LogP contribution in [0.25, 0.3) is 50.5 Å². The van der Waals surface area contributed by atoms with Crippen LogP contribution >= 0.6 is 0 Å². The molecule has 0 fully saturated rings. The summed E-state index contributed by atoms with van der Waals surface area (Å²) in [5.41, 5.74) is 10.7. The number of pyridine rings is 1. The smallest absolute Gasteiger partial charge is 0.205 e. The van der Waals surface area contributed by atoms with Gasteiger partial charge in [-0.05, 0) is 59.5 Å². The standard InChI is InChI=1S/C32H28N8/c1-3-7-30-33-27-17-16-24(28-20-39-21(2)8-6-11-31(39)34-28)18-29(27)40(30)19-22-12-14-23(15-13-22)25-9-4-5-10-26(25)32-35-37-38-36-32/h4-6,8-18,20H,3,7,19H2,1-2H3,(H,35,36,37,38). The minimum atomic E-state index is 0.588. The quantitative estimate of drug-likeness (QED) is 0.257. The molecule has 0 aliphatic carbocycles. The van der Waals surface area contributed by atoms with Crippen LogP contribution in [0.3, 0.4) is 0 Å². The molecule has 40 heavy (non-hydrogen) atoms. The monoisotopic (exact) mass is 524 g/mol. The van der Waals surface area contributed by atoms with Crippen LogP contribution in [0.4, 0.5) is 0 Å². The van der Waals surface area contributed by atoms with E-state index in [9.17, 15) is 0 Å². The lowest BCUT2D eigenvalue weighted by molar-refractivity contribution is 0.722. The molecule has 8 heteroatoms. The Morgan fingerprint density at radius 1 is 0.825 bits per heavy atom. The fourth-order valence-electron chi connectivity index (χ4n) is 5.39. The topological polar surface area (TPSA) is 89.6 Å². The van der Waals surface area contributed by atoms with Crippen LogP contribution in [-0.4, -0.2) is 39.6 Å². The van der Waals surface area contributed by atoms with E-state index in [1.165, 1.54) is 5.56 Å². The molecule has 0 saturated heterocycles. The van der Waals surface area contributed by atoms with Gasteiger partial charge in [0.25, 0.3) is 0 Å². The van der Waals surface area contributed by atoms with Gasteiger partial charge in [-0.2, -0.15) is 5.21 Å². The predicted molar refractivity (Wildman–Crippen MR) is 157 cm³/mol. The van der Waals surface area contributed by atoms with E-state index in [0.29, 0.717) is 5.82 Å². The lowest BCUT2D eigenvalue weighted by atomic mass is 9.98. The summed E-state index contributed by atoms with van der Waals surface area (Å²) in [4.78, 5) is 9.90. The predicted octanol–water partition coefficient (Wildman–Crippen LogP) is 6.51. The summed E-state index contributed by atoms with van der Waals surface area (Å²) in [5, 5.41) is 14.6. The van der Waals surface area contributed by atoms with Crippen molar-refractivity contribution in [3.05, 3.63) is 108 Å². The second-order valence-electron chi connectivity index (χ2n) is 10.1. The Kier molecular flexibility index (Phi) is 5.92. The molecule has 4 heterocycles. The summed E-state index contributed by atoms with van der Waals surface area (Å²) in [7, 11) is 0. The van der Waals surface area contributed by atoms with E-state index in [2.05, 4.69) is 104 Å². The van der Waals surface area contributed by atoms with Crippen LogP contribution in [0.1, 0.15) is 30.4 Å². The largest absolute Gasteiger partial charge is 0.323 e. The van der Waals surface area contributed by atoms with Crippen LogP contribution in [0.15, 0.2) is 91.1 Å². The van der Waals surface area contributed by atoms with Gasteiger partial charge in [0.15, 0.2) is 0 Å². The number of aryl methyl sites for hydroxylation is 2. The zero-order valence-corrected chi connectivity index (χ0v) is 22.4. The number of hydrogen-bond acceptors (Lipinski definition) is 5. The maximum atomic E-state index is 5.01. The van der Waals surface area contributed by atoms with E-state index >= 15 is 0 Å². The third-order valence-electron chi connectivity index (χ3n) is 7.41. The Morgan fingerprint density at radius 2 is 1.65 bits per heavy atom. The molecule has 8 nitrogen and oxygen atoms in total. The van der Waals surface area contributed by atoms with Crippen molar-refractivity contribution in [1.29, 1.82) is 0 Å². The van der Waals surface area contributed by atoms with Gasteiger partial charge in [0.2, 0.25) is 5.82 Å². The minimum Gasteiger partial charge on any atom is -0.323 e. The highest BCUT2D eigenvalue weighted by Gasteiger charge is 2.15. The number of aromatic amines is 1. The molecular formula is C32H28N8. The third-order valence-corrected chi connectivity index (χ3v) is 7.41. The van der Waals surface area contributed by atoms with Crippen molar-refractivity contribution in [2.24, 2.45) is 0 Å². The molecule has 0 aliphatic rings. The highest BCUT2D eigenvalue weighted by molar-refractivity contribution is 5.83. The maximum Gasteiger partial charge on any atom is 0.205 e. The number of H-pyrrole nitrogens is 1. The second-order valence-corrected chi connectivity index (χ2v) is 10.1. The van der Waals surface area contributed by atoms with Crippen LogP contribution in [0, 0.1) is 6.92 Å². The highest BCUT2D eigenvalue weighted by Crippen LogP contribution is 2.31. The van der Waals surface area contributed by atoms with Gasteiger partial charge in [0, 0.05) is 36.0 Å². The Bertz CT molecular complexity index is 1950. The normalized spacial score (nSPS) is 11.6. The van der Waals surface area contributed by atoms with Gasteiger partial charge in [0.05, 0.1) is 16.7 Å². The number of fused-ring (bicyclic) bond motifs is 2. The Labute approximate surface area is 231 Å². The van der Waals surface area contributed by atoms with Gasteiger partial charge in [-0.1, -0.05) is 67.6 Å². The van der Waals surface area contributed by atoms with Crippen LogP contribution in [0.2, 0.25) is 0 Å². The van der Waals surface area contributed by atoms with Crippen LogP contribution in [0.5, 0.6) is 0 Å². The lowest BCUT2D eigenvalue weighted by Gasteiger charge is -2.11. The first-order valence-electron chi connectivity index (χ1n) is 13.5. The molecule has 7 aromatic rings. The maximum absolute atomic E-state index is 5.01. The van der Waals surface area contributed by atoms with E-state index in [1.54, 1.807) is 0 Å². The Hall–Kier alpha value is -5.11. The van der Waals surface area contributed by atoms with Gasteiger partial charge in [-0.25, -0.2) is 9.97 Å². The van der Waals surface area contributed by atoms with Gasteiger partial charge in [-0.3, -0.25) is 0 Å². The first-order valence-corrected chi connectivity index (χ1v) is 13.5. The number of aromatic nitrogens is 8. The fourth-order valence-corrected chi connectivity index (χ4v) is 5.39. The Morgan fingerprint density at radius 3 is 2.42 bits per heavy atom. The number of imidazole rings is 2. The first kappa shape index (κ1) is 24.0. The number of benzene rings is 3. The van der Waals surface area contributed by atoms with Gasteiger partial charge < -0.3 is 8.97 Å². The summed E-state index contributed by atoms with van der Waals surface area (Å²) in [6, 6.07) is 29.5. The van der Waals surface area contributed by atoms with Gasteiger partial charge >= 0.3 is 0 Å². The second kappa shape index (κ2) is 9.89. The molecule has 0 saturated carbocycles. The summed E-state index contributed by atoms with van der Waals surface area (Å²) in [6.45, 7) is 5.04. The molecule has 0 amide bonds. The zero-order valence-electron chi connectivity index (χ0n) is 22.4. The van der Waals surface area contributed by atoms with Crippen molar-refractivity contribution < 1.29 is 0 Å². The number of rotatable bonds is 7. The third kappa shape index (κ3) is 4.23. The molecule has 1 N–H and O–H groups in total. The summed E-state index contributed by atoms with van der Waals surface area (Å²) < 4.78 is 4.49. The molecule has 4 aromatic heterocycles. The minimum absolute atomic E-state index is 0.588. The zero-order chi connectivity index (χ0) is 27.1. The summed E-state index contributed by atoms with van der Waals surface area (Å²) in [6.07, 6.45) is 4.08. The van der Waals surface area contributed by atoms with E-state index < -0.39 is 0 Å². The van der Waals surface area contributed by atoms with Crippen molar-refractivity contribution in [2.75, 3.05) is 0 Å². The molecule has 0 bridgehead atoms. The fraction of sp³-hybridized carbons (Fsp3) is 0.156. The van der Waals surface area contributed by atoms with Crippen molar-refractivity contribution in [2.45, 2.75) is 33.2 Å². The molecule has 7 rings (SSSR count). The van der Waals surface area contributed by atoms with Crippen LogP contribution < -0.4 is 0 Å². The van der Waals surface area contributed by atoms with Gasteiger partial charge in [0.1, 0.15) is 11.5 Å². The van der Waals surface area contributed by atoms with Crippen LogP contribution in [-0.2, 0) is 13.0 Å². The van der Waals surface area contributed by atoms with Crippen molar-refractivity contribution in [1.82, 2.24) is 39.6 Å². The highest BCUT2D eigenvalue weighted by atomic mass is 15.5. The first-order chi connectivity index (χ1) is 19.7.